The number of aliphatic carboxylic acids is 1. The molecule has 2 unspecified atom stereocenters. The quantitative estimate of drug-likeness (QED) is 0.470. The smallest absolute Gasteiger partial charge is 0.340 e. The Labute approximate surface area is 173 Å². The summed E-state index contributed by atoms with van der Waals surface area (Å²) in [5, 5.41) is 11.3. The Kier molecular flexibility index (Phi) is 8.04. The molecular weight excluding hydrogens is 392 g/mol. The van der Waals surface area contributed by atoms with Gasteiger partial charge in [0.2, 0.25) is 6.04 Å². The molecule has 2 atom stereocenters. The van der Waals surface area contributed by atoms with E-state index in [1.807, 2.05) is 30.3 Å². The molecule has 0 aliphatic carbocycles. The van der Waals surface area contributed by atoms with Gasteiger partial charge in [0.25, 0.3) is 5.91 Å². The van der Waals surface area contributed by atoms with Crippen LogP contribution in [-0.2, 0) is 25.7 Å². The molecule has 9 nitrogen and oxygen atoms in total. The van der Waals surface area contributed by atoms with Crippen molar-refractivity contribution >= 4 is 23.8 Å². The maximum absolute atomic E-state index is 12.3. The minimum atomic E-state index is -1.87. The summed E-state index contributed by atoms with van der Waals surface area (Å²) in [5.74, 6) is -4.16. The predicted molar refractivity (Wildman–Crippen MR) is 105 cm³/mol. The number of amides is 1. The third-order valence-electron chi connectivity index (χ3n) is 4.09. The van der Waals surface area contributed by atoms with Crippen molar-refractivity contribution in [1.29, 1.82) is 0 Å². The number of hydrogen-bond acceptors (Lipinski definition) is 7. The first-order valence-corrected chi connectivity index (χ1v) is 9.23. The summed E-state index contributed by atoms with van der Waals surface area (Å²) in [6.45, 7) is 3.46. The van der Waals surface area contributed by atoms with Crippen LogP contribution in [0, 0.1) is 0 Å². The lowest BCUT2D eigenvalue weighted by atomic mass is 10.2. The zero-order valence-corrected chi connectivity index (χ0v) is 16.5. The van der Waals surface area contributed by atoms with Crippen molar-refractivity contribution in [3.63, 3.8) is 0 Å². The Morgan fingerprint density at radius 1 is 1.10 bits per heavy atom. The second-order valence-corrected chi connectivity index (χ2v) is 6.39. The molecule has 1 aromatic carbocycles. The first-order valence-electron chi connectivity index (χ1n) is 9.23. The average molecular weight is 414 g/mol. The number of carbonyl (C=O) groups is 4. The van der Waals surface area contributed by atoms with Gasteiger partial charge >= 0.3 is 17.9 Å². The van der Waals surface area contributed by atoms with Gasteiger partial charge in [0, 0.05) is 6.20 Å². The zero-order valence-electron chi connectivity index (χ0n) is 16.5. The highest BCUT2D eigenvalue weighted by Crippen LogP contribution is 2.07. The van der Waals surface area contributed by atoms with Crippen LogP contribution in [0.4, 0.5) is 0 Å². The van der Waals surface area contributed by atoms with Crippen LogP contribution >= 0.6 is 0 Å². The summed E-state index contributed by atoms with van der Waals surface area (Å²) < 4.78 is 10.1. The maximum atomic E-state index is 12.3. The zero-order chi connectivity index (χ0) is 22.1. The van der Waals surface area contributed by atoms with Crippen LogP contribution in [0.15, 0.2) is 48.7 Å². The highest BCUT2D eigenvalue weighted by molar-refractivity contribution is 6.04. The molecule has 0 radical (unpaired) electrons. The number of pyridine rings is 1. The van der Waals surface area contributed by atoms with E-state index in [1.54, 1.807) is 13.8 Å². The number of ether oxygens (including phenoxy) is 2. The summed E-state index contributed by atoms with van der Waals surface area (Å²) in [7, 11) is 0. The molecule has 158 valence electrons. The topological polar surface area (TPSA) is 132 Å². The largest absolute Gasteiger partial charge is 0.479 e. The van der Waals surface area contributed by atoms with Crippen molar-refractivity contribution in [2.75, 3.05) is 0 Å². The van der Waals surface area contributed by atoms with Gasteiger partial charge in [0.1, 0.15) is 12.3 Å². The fourth-order valence-electron chi connectivity index (χ4n) is 2.23. The molecule has 30 heavy (non-hydrogen) atoms. The molecule has 1 heterocycles. The van der Waals surface area contributed by atoms with Gasteiger partial charge in [-0.15, -0.1) is 0 Å². The van der Waals surface area contributed by atoms with Crippen molar-refractivity contribution in [2.45, 2.75) is 39.0 Å². The summed E-state index contributed by atoms with van der Waals surface area (Å²) in [4.78, 5) is 51.4. The number of esters is 2. The Bertz CT molecular complexity index is 897. The molecule has 0 fully saturated rings. The van der Waals surface area contributed by atoms with Crippen molar-refractivity contribution < 1.29 is 33.8 Å². The maximum Gasteiger partial charge on any atom is 0.340 e. The van der Waals surface area contributed by atoms with Crippen molar-refractivity contribution in [3.05, 3.63) is 65.5 Å². The van der Waals surface area contributed by atoms with E-state index < -0.39 is 36.0 Å². The summed E-state index contributed by atoms with van der Waals surface area (Å²) >= 11 is 0. The van der Waals surface area contributed by atoms with Gasteiger partial charge in [0.05, 0.1) is 11.7 Å². The summed E-state index contributed by atoms with van der Waals surface area (Å²) in [6.07, 6.45) is 1.14. The highest BCUT2D eigenvalue weighted by atomic mass is 16.5. The molecule has 1 amide bonds. The van der Waals surface area contributed by atoms with Crippen LogP contribution in [0.5, 0.6) is 0 Å². The van der Waals surface area contributed by atoms with E-state index in [2.05, 4.69) is 10.3 Å². The number of rotatable bonds is 9. The second kappa shape index (κ2) is 10.7. The number of carbonyl (C=O) groups excluding carboxylic acids is 3. The van der Waals surface area contributed by atoms with Crippen LogP contribution in [-0.4, -0.2) is 46.1 Å². The molecule has 0 aliphatic heterocycles. The van der Waals surface area contributed by atoms with E-state index in [-0.39, 0.29) is 17.9 Å². The highest BCUT2D eigenvalue weighted by Gasteiger charge is 2.31. The van der Waals surface area contributed by atoms with Crippen LogP contribution in [0.1, 0.15) is 46.7 Å². The van der Waals surface area contributed by atoms with Gasteiger partial charge < -0.3 is 19.9 Å². The first-order chi connectivity index (χ1) is 14.3. The van der Waals surface area contributed by atoms with E-state index in [1.165, 1.54) is 12.1 Å². The molecule has 0 saturated carbocycles. The number of hydrogen-bond donors (Lipinski definition) is 2. The molecular formula is C21H22N2O7. The standard InChI is InChI=1S/C21H22N2O7/c1-3-13(2)30-21(28)17(19(25)26)23-18(24)16-10-9-15(11-22-16)20(27)29-12-14-7-5-4-6-8-14/h4-11,13,17H,3,12H2,1-2H3,(H,23,24)(H,25,26). The Morgan fingerprint density at radius 3 is 2.37 bits per heavy atom. The van der Waals surface area contributed by atoms with Crippen LogP contribution in [0.25, 0.3) is 0 Å². The van der Waals surface area contributed by atoms with E-state index in [0.717, 1.165) is 11.8 Å². The molecule has 9 heteroatoms. The molecule has 2 rings (SSSR count). The van der Waals surface area contributed by atoms with E-state index in [4.69, 9.17) is 9.47 Å². The lowest BCUT2D eigenvalue weighted by molar-refractivity contribution is -0.158. The number of carboxylic acids is 1. The van der Waals surface area contributed by atoms with Gasteiger partial charge in [0.15, 0.2) is 0 Å². The molecule has 2 N–H and O–H groups in total. The number of nitrogens with zero attached hydrogens (tertiary/aromatic N) is 1. The Balaban J connectivity index is 1.98. The minimum Gasteiger partial charge on any atom is -0.479 e. The van der Waals surface area contributed by atoms with Gasteiger partial charge in [-0.25, -0.2) is 14.4 Å². The summed E-state index contributed by atoms with van der Waals surface area (Å²) in [5.41, 5.74) is 0.768. The van der Waals surface area contributed by atoms with Gasteiger partial charge in [-0.2, -0.15) is 0 Å². The fourth-order valence-corrected chi connectivity index (χ4v) is 2.23. The molecule has 0 aliphatic rings. The Hall–Kier alpha value is -3.75. The van der Waals surface area contributed by atoms with E-state index in [0.29, 0.717) is 6.42 Å². The van der Waals surface area contributed by atoms with E-state index >= 15 is 0 Å². The molecule has 0 bridgehead atoms. The molecule has 2 aromatic rings. The van der Waals surface area contributed by atoms with Gasteiger partial charge in [-0.1, -0.05) is 37.3 Å². The molecule has 0 saturated heterocycles. The third-order valence-corrected chi connectivity index (χ3v) is 4.09. The normalized spacial score (nSPS) is 12.3. The van der Waals surface area contributed by atoms with E-state index in [9.17, 15) is 24.3 Å². The fraction of sp³-hybridized carbons (Fsp3) is 0.286. The van der Waals surface area contributed by atoms with Crippen LogP contribution < -0.4 is 5.32 Å². The third kappa shape index (κ3) is 6.40. The molecule has 0 spiro atoms. The predicted octanol–water partition coefficient (Wildman–Crippen LogP) is 1.96. The average Bonchev–Trinajstić information content (AvgIpc) is 2.75. The van der Waals surface area contributed by atoms with Crippen molar-refractivity contribution in [2.24, 2.45) is 0 Å². The number of carboxylic acid groups (broad SMARTS) is 1. The second-order valence-electron chi connectivity index (χ2n) is 6.39. The minimum absolute atomic E-state index is 0.0838. The lowest BCUT2D eigenvalue weighted by Crippen LogP contribution is -2.48. The van der Waals surface area contributed by atoms with Crippen molar-refractivity contribution in [1.82, 2.24) is 10.3 Å². The Morgan fingerprint density at radius 2 is 1.80 bits per heavy atom. The number of aromatic nitrogens is 1. The summed E-state index contributed by atoms with van der Waals surface area (Å²) in [6, 6.07) is 9.79. The monoisotopic (exact) mass is 414 g/mol. The van der Waals surface area contributed by atoms with Crippen LogP contribution in [0.2, 0.25) is 0 Å². The van der Waals surface area contributed by atoms with Gasteiger partial charge in [-0.05, 0) is 31.0 Å². The number of nitrogens with one attached hydrogen (secondary N) is 1. The number of benzene rings is 1. The van der Waals surface area contributed by atoms with Crippen LogP contribution in [0.3, 0.4) is 0 Å². The SMILES string of the molecule is CCC(C)OC(=O)C(NC(=O)c1ccc(C(=O)OCc2ccccc2)cn1)C(=O)O. The van der Waals surface area contributed by atoms with Gasteiger partial charge in [-0.3, -0.25) is 9.78 Å². The lowest BCUT2D eigenvalue weighted by Gasteiger charge is -2.16. The van der Waals surface area contributed by atoms with Crippen molar-refractivity contribution in [3.8, 4) is 0 Å². The first kappa shape index (κ1) is 22.5. The molecule has 1 aromatic heterocycles.